The Hall–Kier alpha value is -1.18. The maximum Gasteiger partial charge on any atom is 0.157 e. The number of hydrogen-bond donors (Lipinski definition) is 2. The van der Waals surface area contributed by atoms with Gasteiger partial charge in [-0.3, -0.25) is 0 Å². The Bertz CT molecular complexity index is 527. The summed E-state index contributed by atoms with van der Waals surface area (Å²) >= 11 is 0. The SMILES string of the molecule is CCC(C)(C)CCCc1cc(O)c(O)cc1CCCC1(C)CC1. The largest absolute Gasteiger partial charge is 0.504 e. The smallest absolute Gasteiger partial charge is 0.157 e. The van der Waals surface area contributed by atoms with Gasteiger partial charge in [0.15, 0.2) is 11.5 Å². The van der Waals surface area contributed by atoms with Crippen LogP contribution in [0, 0.1) is 10.8 Å². The molecule has 1 fully saturated rings. The number of rotatable bonds is 9. The normalized spacial score (nSPS) is 16.5. The highest BCUT2D eigenvalue weighted by Gasteiger charge is 2.36. The fourth-order valence-corrected chi connectivity index (χ4v) is 3.23. The van der Waals surface area contributed by atoms with Gasteiger partial charge in [0.1, 0.15) is 0 Å². The molecule has 0 amide bonds. The molecule has 0 saturated heterocycles. The lowest BCUT2D eigenvalue weighted by Crippen LogP contribution is -2.10. The zero-order valence-electron chi connectivity index (χ0n) is 15.4. The molecule has 2 nitrogen and oxygen atoms in total. The van der Waals surface area contributed by atoms with Crippen molar-refractivity contribution in [2.45, 2.75) is 85.5 Å². The lowest BCUT2D eigenvalue weighted by molar-refractivity contribution is 0.313. The molecule has 23 heavy (non-hydrogen) atoms. The number of hydrogen-bond acceptors (Lipinski definition) is 2. The van der Waals surface area contributed by atoms with Crippen molar-refractivity contribution < 1.29 is 10.2 Å². The first-order valence-corrected chi connectivity index (χ1v) is 9.28. The van der Waals surface area contributed by atoms with Crippen LogP contribution in [0.5, 0.6) is 11.5 Å². The van der Waals surface area contributed by atoms with Gasteiger partial charge in [-0.15, -0.1) is 0 Å². The zero-order valence-corrected chi connectivity index (χ0v) is 15.4. The number of phenolic OH excluding ortho intramolecular Hbond substituents is 2. The van der Waals surface area contributed by atoms with Crippen molar-refractivity contribution in [1.29, 1.82) is 0 Å². The molecule has 1 saturated carbocycles. The summed E-state index contributed by atoms with van der Waals surface area (Å²) in [6.45, 7) is 9.25. The third-order valence-electron chi connectivity index (χ3n) is 5.88. The molecular weight excluding hydrogens is 284 g/mol. The van der Waals surface area contributed by atoms with Crippen LogP contribution < -0.4 is 0 Å². The molecule has 1 aromatic rings. The van der Waals surface area contributed by atoms with E-state index in [2.05, 4.69) is 27.7 Å². The van der Waals surface area contributed by atoms with Gasteiger partial charge in [0.05, 0.1) is 0 Å². The molecule has 0 radical (unpaired) electrons. The third kappa shape index (κ3) is 5.44. The van der Waals surface area contributed by atoms with E-state index in [0.29, 0.717) is 10.8 Å². The van der Waals surface area contributed by atoms with Crippen LogP contribution in [0.2, 0.25) is 0 Å². The van der Waals surface area contributed by atoms with Gasteiger partial charge in [-0.05, 0) is 85.5 Å². The summed E-state index contributed by atoms with van der Waals surface area (Å²) in [6.07, 6.45) is 10.7. The highest BCUT2D eigenvalue weighted by molar-refractivity contribution is 5.45. The summed E-state index contributed by atoms with van der Waals surface area (Å²) in [4.78, 5) is 0. The van der Waals surface area contributed by atoms with Crippen LogP contribution in [0.15, 0.2) is 12.1 Å². The first-order valence-electron chi connectivity index (χ1n) is 9.28. The number of benzene rings is 1. The van der Waals surface area contributed by atoms with E-state index in [4.69, 9.17) is 0 Å². The molecule has 130 valence electrons. The molecule has 0 bridgehead atoms. The standard InChI is InChI=1S/C21H34O2/c1-5-20(2,3)10-6-8-16-14-18(22)19(23)15-17(16)9-7-11-21(4)12-13-21/h14-15,22-23H,5-13H2,1-4H3. The Morgan fingerprint density at radius 3 is 2.00 bits per heavy atom. The summed E-state index contributed by atoms with van der Waals surface area (Å²) in [6, 6.07) is 3.56. The maximum absolute atomic E-state index is 9.84. The average Bonchev–Trinajstić information content (AvgIpc) is 3.21. The van der Waals surface area contributed by atoms with Gasteiger partial charge in [-0.2, -0.15) is 0 Å². The van der Waals surface area contributed by atoms with E-state index in [-0.39, 0.29) is 11.5 Å². The topological polar surface area (TPSA) is 40.5 Å². The first-order chi connectivity index (χ1) is 10.7. The molecule has 0 spiro atoms. The number of aromatic hydroxyl groups is 2. The van der Waals surface area contributed by atoms with Crippen molar-refractivity contribution in [2.75, 3.05) is 0 Å². The van der Waals surface area contributed by atoms with Crippen LogP contribution in [-0.2, 0) is 12.8 Å². The lowest BCUT2D eigenvalue weighted by Gasteiger charge is -2.22. The zero-order chi connectivity index (χ0) is 17.1. The molecule has 2 rings (SSSR count). The minimum Gasteiger partial charge on any atom is -0.504 e. The van der Waals surface area contributed by atoms with E-state index in [0.717, 1.165) is 19.3 Å². The molecule has 1 aromatic carbocycles. The molecule has 2 heteroatoms. The van der Waals surface area contributed by atoms with Crippen molar-refractivity contribution in [3.63, 3.8) is 0 Å². The Labute approximate surface area is 141 Å². The Morgan fingerprint density at radius 1 is 1.00 bits per heavy atom. The molecule has 1 aliphatic rings. The lowest BCUT2D eigenvalue weighted by atomic mass is 9.83. The summed E-state index contributed by atoms with van der Waals surface area (Å²) in [7, 11) is 0. The number of phenols is 2. The van der Waals surface area contributed by atoms with Crippen LogP contribution >= 0.6 is 0 Å². The van der Waals surface area contributed by atoms with Gasteiger partial charge in [0.25, 0.3) is 0 Å². The second kappa shape index (κ2) is 7.15. The molecule has 0 atom stereocenters. The van der Waals surface area contributed by atoms with Crippen molar-refractivity contribution in [3.05, 3.63) is 23.3 Å². The molecule has 0 heterocycles. The van der Waals surface area contributed by atoms with Gasteiger partial charge in [-0.25, -0.2) is 0 Å². The predicted molar refractivity (Wildman–Crippen MR) is 97.1 cm³/mol. The predicted octanol–water partition coefficient (Wildman–Crippen LogP) is 5.98. The minimum atomic E-state index is 0.0210. The quantitative estimate of drug-likeness (QED) is 0.550. The van der Waals surface area contributed by atoms with Gasteiger partial charge in [0.2, 0.25) is 0 Å². The van der Waals surface area contributed by atoms with Crippen molar-refractivity contribution in [2.24, 2.45) is 10.8 Å². The molecule has 0 aliphatic heterocycles. The van der Waals surface area contributed by atoms with E-state index in [1.807, 2.05) is 0 Å². The van der Waals surface area contributed by atoms with Crippen LogP contribution in [0.4, 0.5) is 0 Å². The summed E-state index contributed by atoms with van der Waals surface area (Å²) < 4.78 is 0. The van der Waals surface area contributed by atoms with Crippen molar-refractivity contribution in [1.82, 2.24) is 0 Å². The fraction of sp³-hybridized carbons (Fsp3) is 0.714. The fourth-order valence-electron chi connectivity index (χ4n) is 3.23. The van der Waals surface area contributed by atoms with Crippen LogP contribution in [0.1, 0.15) is 83.8 Å². The van der Waals surface area contributed by atoms with E-state index in [9.17, 15) is 10.2 Å². The van der Waals surface area contributed by atoms with Crippen LogP contribution in [0.3, 0.4) is 0 Å². The van der Waals surface area contributed by atoms with E-state index < -0.39 is 0 Å². The van der Waals surface area contributed by atoms with Crippen molar-refractivity contribution >= 4 is 0 Å². The van der Waals surface area contributed by atoms with Gasteiger partial charge < -0.3 is 10.2 Å². The van der Waals surface area contributed by atoms with E-state index >= 15 is 0 Å². The summed E-state index contributed by atoms with van der Waals surface area (Å²) in [5.74, 6) is 0.0444. The van der Waals surface area contributed by atoms with Gasteiger partial charge in [0, 0.05) is 0 Å². The molecule has 0 aromatic heterocycles. The summed E-state index contributed by atoms with van der Waals surface area (Å²) in [5.41, 5.74) is 3.41. The minimum absolute atomic E-state index is 0.0210. The highest BCUT2D eigenvalue weighted by Crippen LogP contribution is 2.49. The molecule has 0 unspecified atom stereocenters. The first kappa shape index (κ1) is 18.2. The average molecular weight is 319 g/mol. The van der Waals surface area contributed by atoms with Crippen LogP contribution in [-0.4, -0.2) is 10.2 Å². The van der Waals surface area contributed by atoms with Crippen LogP contribution in [0.25, 0.3) is 0 Å². The second-order valence-corrected chi connectivity index (χ2v) is 8.65. The maximum atomic E-state index is 9.84. The van der Waals surface area contributed by atoms with Gasteiger partial charge in [-0.1, -0.05) is 34.1 Å². The molecule has 2 N–H and O–H groups in total. The molecule has 1 aliphatic carbocycles. The van der Waals surface area contributed by atoms with Crippen molar-refractivity contribution in [3.8, 4) is 11.5 Å². The Kier molecular flexibility index (Phi) is 5.65. The Balaban J connectivity index is 1.96. The Morgan fingerprint density at radius 2 is 1.52 bits per heavy atom. The summed E-state index contributed by atoms with van der Waals surface area (Å²) in [5, 5.41) is 19.7. The number of aryl methyl sites for hydroxylation is 2. The van der Waals surface area contributed by atoms with Gasteiger partial charge >= 0.3 is 0 Å². The van der Waals surface area contributed by atoms with E-state index in [1.165, 1.54) is 49.7 Å². The highest BCUT2D eigenvalue weighted by atomic mass is 16.3. The van der Waals surface area contributed by atoms with E-state index in [1.54, 1.807) is 12.1 Å². The molecular formula is C21H34O2. The second-order valence-electron chi connectivity index (χ2n) is 8.65. The monoisotopic (exact) mass is 318 g/mol. The third-order valence-corrected chi connectivity index (χ3v) is 5.88.